The Bertz CT molecular complexity index is 1010. The Labute approximate surface area is 168 Å². The Hall–Kier alpha value is -3.06. The van der Waals surface area contributed by atoms with Crippen LogP contribution in [-0.4, -0.2) is 34.2 Å². The van der Waals surface area contributed by atoms with Crippen molar-refractivity contribution in [3.63, 3.8) is 0 Å². The van der Waals surface area contributed by atoms with E-state index in [4.69, 9.17) is 0 Å². The van der Waals surface area contributed by atoms with Crippen molar-refractivity contribution >= 4 is 29.3 Å². The number of amides is 2. The maximum absolute atomic E-state index is 12.3. The van der Waals surface area contributed by atoms with Gasteiger partial charge in [0.25, 0.3) is 5.91 Å². The van der Waals surface area contributed by atoms with Gasteiger partial charge < -0.3 is 10.6 Å². The summed E-state index contributed by atoms with van der Waals surface area (Å²) in [6, 6.07) is 13.1. The van der Waals surface area contributed by atoms with Crippen molar-refractivity contribution in [1.29, 1.82) is 0 Å². The quantitative estimate of drug-likeness (QED) is 0.627. The number of aromatic nitrogens is 2. The highest BCUT2D eigenvalue weighted by Gasteiger charge is 2.12. The molecule has 0 atom stereocenters. The summed E-state index contributed by atoms with van der Waals surface area (Å²) >= 11 is 1.36. The zero-order valence-electron chi connectivity index (χ0n) is 16.0. The predicted molar refractivity (Wildman–Crippen MR) is 112 cm³/mol. The highest BCUT2D eigenvalue weighted by molar-refractivity contribution is 7.99. The third-order valence-corrected chi connectivity index (χ3v) is 5.15. The molecule has 2 aromatic carbocycles. The first kappa shape index (κ1) is 19.7. The van der Waals surface area contributed by atoms with E-state index in [2.05, 4.69) is 47.7 Å². The van der Waals surface area contributed by atoms with E-state index in [0.29, 0.717) is 11.3 Å². The first-order valence-corrected chi connectivity index (χ1v) is 9.82. The lowest BCUT2D eigenvalue weighted by Gasteiger charge is -2.11. The molecular formula is C21H22N4O2S. The summed E-state index contributed by atoms with van der Waals surface area (Å²) < 4.78 is 1.99. The van der Waals surface area contributed by atoms with Crippen molar-refractivity contribution in [2.45, 2.75) is 19.0 Å². The van der Waals surface area contributed by atoms with E-state index in [0.717, 1.165) is 16.4 Å². The number of thioether (sulfide) groups is 1. The molecule has 2 N–H and O–H groups in total. The van der Waals surface area contributed by atoms with Gasteiger partial charge in [0.2, 0.25) is 5.91 Å². The molecule has 0 bridgehead atoms. The number of hydrogen-bond donors (Lipinski definition) is 2. The summed E-state index contributed by atoms with van der Waals surface area (Å²) in [5.41, 5.74) is 4.48. The van der Waals surface area contributed by atoms with Crippen LogP contribution in [0, 0.1) is 13.8 Å². The van der Waals surface area contributed by atoms with Gasteiger partial charge >= 0.3 is 0 Å². The number of rotatable bonds is 6. The second-order valence-electron chi connectivity index (χ2n) is 6.37. The second kappa shape index (κ2) is 8.75. The van der Waals surface area contributed by atoms with Gasteiger partial charge in [0.15, 0.2) is 5.16 Å². The Balaban J connectivity index is 1.66. The molecule has 0 aliphatic heterocycles. The number of aryl methyl sites for hydroxylation is 2. The van der Waals surface area contributed by atoms with E-state index in [1.54, 1.807) is 37.5 Å². The smallest absolute Gasteiger partial charge is 0.251 e. The molecule has 1 aromatic heterocycles. The lowest BCUT2D eigenvalue weighted by molar-refractivity contribution is -0.113. The number of carbonyl (C=O) groups is 2. The van der Waals surface area contributed by atoms with Gasteiger partial charge in [0.05, 0.1) is 11.4 Å². The molecule has 28 heavy (non-hydrogen) atoms. The van der Waals surface area contributed by atoms with Crippen molar-refractivity contribution in [3.05, 3.63) is 71.5 Å². The minimum atomic E-state index is -0.194. The standard InChI is InChI=1S/C21H22N4O2S/c1-14-7-8-18(15(2)11-14)25-10-9-23-21(25)28-13-19(26)24-17-6-4-5-16(12-17)20(27)22-3/h4-12H,13H2,1-3H3,(H,22,27)(H,24,26). The monoisotopic (exact) mass is 394 g/mol. The van der Waals surface area contributed by atoms with E-state index in [1.165, 1.54) is 17.3 Å². The van der Waals surface area contributed by atoms with Gasteiger partial charge in [-0.2, -0.15) is 0 Å². The van der Waals surface area contributed by atoms with E-state index in [9.17, 15) is 9.59 Å². The molecule has 0 fully saturated rings. The van der Waals surface area contributed by atoms with Crippen LogP contribution in [0.1, 0.15) is 21.5 Å². The SMILES string of the molecule is CNC(=O)c1cccc(NC(=O)CSc2nccn2-c2ccc(C)cc2C)c1. The fraction of sp³-hybridized carbons (Fsp3) is 0.190. The van der Waals surface area contributed by atoms with Crippen LogP contribution in [0.3, 0.4) is 0 Å². The van der Waals surface area contributed by atoms with Crippen molar-refractivity contribution in [2.75, 3.05) is 18.1 Å². The molecule has 0 saturated heterocycles. The molecule has 0 unspecified atom stereocenters. The molecule has 0 aliphatic carbocycles. The highest BCUT2D eigenvalue weighted by Crippen LogP contribution is 2.23. The zero-order chi connectivity index (χ0) is 20.1. The van der Waals surface area contributed by atoms with Gasteiger partial charge in [-0.25, -0.2) is 4.98 Å². The largest absolute Gasteiger partial charge is 0.355 e. The minimum Gasteiger partial charge on any atom is -0.355 e. The molecule has 6 nitrogen and oxygen atoms in total. The molecule has 0 saturated carbocycles. The van der Waals surface area contributed by atoms with Gasteiger partial charge in [0, 0.05) is 30.7 Å². The van der Waals surface area contributed by atoms with Gasteiger partial charge in [-0.15, -0.1) is 0 Å². The fourth-order valence-corrected chi connectivity index (χ4v) is 3.63. The normalized spacial score (nSPS) is 10.5. The van der Waals surface area contributed by atoms with Crippen LogP contribution in [0.2, 0.25) is 0 Å². The predicted octanol–water partition coefficient (Wildman–Crippen LogP) is 3.58. The van der Waals surface area contributed by atoms with E-state index < -0.39 is 0 Å². The molecule has 0 spiro atoms. The van der Waals surface area contributed by atoms with Crippen LogP contribution in [0.25, 0.3) is 5.69 Å². The number of imidazole rings is 1. The van der Waals surface area contributed by atoms with Crippen LogP contribution in [0.5, 0.6) is 0 Å². The summed E-state index contributed by atoms with van der Waals surface area (Å²) in [7, 11) is 1.57. The lowest BCUT2D eigenvalue weighted by atomic mass is 10.1. The Morgan fingerprint density at radius 3 is 2.71 bits per heavy atom. The second-order valence-corrected chi connectivity index (χ2v) is 7.31. The van der Waals surface area contributed by atoms with E-state index in [1.807, 2.05) is 10.8 Å². The van der Waals surface area contributed by atoms with Crippen molar-refractivity contribution in [3.8, 4) is 5.69 Å². The third-order valence-electron chi connectivity index (χ3n) is 4.19. The van der Waals surface area contributed by atoms with Gasteiger partial charge in [-0.05, 0) is 43.7 Å². The van der Waals surface area contributed by atoms with E-state index >= 15 is 0 Å². The van der Waals surface area contributed by atoms with Crippen LogP contribution >= 0.6 is 11.8 Å². The summed E-state index contributed by atoms with van der Waals surface area (Å²) in [5, 5.41) is 6.14. The first-order chi connectivity index (χ1) is 13.5. The maximum atomic E-state index is 12.3. The number of nitrogens with zero attached hydrogens (tertiary/aromatic N) is 2. The molecule has 1 heterocycles. The van der Waals surface area contributed by atoms with E-state index in [-0.39, 0.29) is 17.6 Å². The molecule has 7 heteroatoms. The van der Waals surface area contributed by atoms with Gasteiger partial charge in [0.1, 0.15) is 0 Å². The number of carbonyl (C=O) groups excluding carboxylic acids is 2. The molecule has 3 aromatic rings. The van der Waals surface area contributed by atoms with Crippen LogP contribution in [0.15, 0.2) is 60.0 Å². The molecule has 0 radical (unpaired) electrons. The zero-order valence-corrected chi connectivity index (χ0v) is 16.8. The van der Waals surface area contributed by atoms with Crippen molar-refractivity contribution < 1.29 is 9.59 Å². The van der Waals surface area contributed by atoms with Crippen LogP contribution < -0.4 is 10.6 Å². The maximum Gasteiger partial charge on any atom is 0.251 e. The molecule has 144 valence electrons. The number of benzene rings is 2. The average molecular weight is 395 g/mol. The van der Waals surface area contributed by atoms with Gasteiger partial charge in [-0.3, -0.25) is 14.2 Å². The van der Waals surface area contributed by atoms with Crippen LogP contribution in [-0.2, 0) is 4.79 Å². The number of nitrogens with one attached hydrogen (secondary N) is 2. The topological polar surface area (TPSA) is 76.0 Å². The fourth-order valence-electron chi connectivity index (χ4n) is 2.87. The third kappa shape index (κ3) is 4.61. The Kier molecular flexibility index (Phi) is 6.16. The first-order valence-electron chi connectivity index (χ1n) is 8.83. The Morgan fingerprint density at radius 2 is 1.96 bits per heavy atom. The summed E-state index contributed by atoms with van der Waals surface area (Å²) in [6.45, 7) is 4.12. The van der Waals surface area contributed by atoms with Gasteiger partial charge in [-0.1, -0.05) is 35.5 Å². The molecular weight excluding hydrogens is 372 g/mol. The summed E-state index contributed by atoms with van der Waals surface area (Å²) in [5.74, 6) is -0.137. The number of anilines is 1. The summed E-state index contributed by atoms with van der Waals surface area (Å²) in [6.07, 6.45) is 3.62. The van der Waals surface area contributed by atoms with Crippen LogP contribution in [0.4, 0.5) is 5.69 Å². The molecule has 2 amide bonds. The number of hydrogen-bond acceptors (Lipinski definition) is 4. The summed E-state index contributed by atoms with van der Waals surface area (Å²) in [4.78, 5) is 28.4. The lowest BCUT2D eigenvalue weighted by Crippen LogP contribution is -2.19. The Morgan fingerprint density at radius 1 is 1.14 bits per heavy atom. The molecule has 3 rings (SSSR count). The average Bonchev–Trinajstić information content (AvgIpc) is 3.14. The molecule has 0 aliphatic rings. The minimum absolute atomic E-state index is 0.158. The van der Waals surface area contributed by atoms with Crippen molar-refractivity contribution in [1.82, 2.24) is 14.9 Å². The highest BCUT2D eigenvalue weighted by atomic mass is 32.2. The van der Waals surface area contributed by atoms with Crippen molar-refractivity contribution in [2.24, 2.45) is 0 Å².